The van der Waals surface area contributed by atoms with Gasteiger partial charge in [0, 0.05) is 5.56 Å². The summed E-state index contributed by atoms with van der Waals surface area (Å²) in [5.74, 6) is 0.766. The van der Waals surface area contributed by atoms with Crippen LogP contribution in [-0.4, -0.2) is 18.5 Å². The zero-order valence-electron chi connectivity index (χ0n) is 16.6. The third-order valence-corrected chi connectivity index (χ3v) is 4.59. The minimum atomic E-state index is -0.427. The number of aliphatic imine (C=N–C) groups is 1. The molecule has 0 radical (unpaired) electrons. The molecule has 0 atom stereocenters. The molecule has 2 aromatic carbocycles. The number of aryl methyl sites for hydroxylation is 1. The molecule has 0 amide bonds. The van der Waals surface area contributed by atoms with Crippen molar-refractivity contribution in [2.75, 3.05) is 6.61 Å². The molecule has 0 saturated carbocycles. The van der Waals surface area contributed by atoms with Crippen molar-refractivity contribution in [3.05, 3.63) is 70.9 Å². The lowest BCUT2D eigenvalue weighted by Crippen LogP contribution is -2.05. The number of carbonyl (C=O) groups excluding carboxylic acids is 1. The molecule has 0 N–H and O–H groups in total. The van der Waals surface area contributed by atoms with Crippen molar-refractivity contribution >= 4 is 17.9 Å². The lowest BCUT2D eigenvalue weighted by atomic mass is 10.1. The molecule has 0 fully saturated rings. The predicted molar refractivity (Wildman–Crippen MR) is 112 cm³/mol. The van der Waals surface area contributed by atoms with E-state index in [0.717, 1.165) is 35.5 Å². The van der Waals surface area contributed by atoms with E-state index in [1.165, 1.54) is 25.7 Å². The first-order chi connectivity index (χ1) is 13.7. The maximum atomic E-state index is 12.1. The number of hydrogen-bond acceptors (Lipinski definition) is 4. The maximum Gasteiger partial charge on any atom is 0.363 e. The van der Waals surface area contributed by atoms with Gasteiger partial charge in [-0.2, -0.15) is 0 Å². The fraction of sp³-hybridized carbons (Fsp3) is 0.333. The van der Waals surface area contributed by atoms with Gasteiger partial charge in [0.2, 0.25) is 5.90 Å². The zero-order chi connectivity index (χ0) is 19.8. The molecule has 0 bridgehead atoms. The van der Waals surface area contributed by atoms with Crippen LogP contribution in [0, 0.1) is 6.92 Å². The molecule has 1 aliphatic heterocycles. The van der Waals surface area contributed by atoms with E-state index >= 15 is 0 Å². The Balaban J connectivity index is 1.59. The van der Waals surface area contributed by atoms with Crippen LogP contribution in [-0.2, 0) is 9.53 Å². The van der Waals surface area contributed by atoms with E-state index in [4.69, 9.17) is 9.47 Å². The van der Waals surface area contributed by atoms with Gasteiger partial charge in [0.25, 0.3) is 0 Å². The first-order valence-corrected chi connectivity index (χ1v) is 9.98. The second-order valence-electron chi connectivity index (χ2n) is 7.04. The van der Waals surface area contributed by atoms with Crippen molar-refractivity contribution < 1.29 is 14.3 Å². The molecule has 0 spiro atoms. The van der Waals surface area contributed by atoms with Gasteiger partial charge in [-0.15, -0.1) is 0 Å². The van der Waals surface area contributed by atoms with Gasteiger partial charge < -0.3 is 9.47 Å². The Morgan fingerprint density at radius 3 is 2.57 bits per heavy atom. The molecule has 4 nitrogen and oxygen atoms in total. The Morgan fingerprint density at radius 1 is 1.04 bits per heavy atom. The Hall–Kier alpha value is -2.88. The number of nitrogens with zero attached hydrogens (tertiary/aromatic N) is 1. The molecular formula is C24H27NO3. The van der Waals surface area contributed by atoms with E-state index in [-0.39, 0.29) is 0 Å². The topological polar surface area (TPSA) is 47.9 Å². The van der Waals surface area contributed by atoms with Crippen LogP contribution >= 0.6 is 0 Å². The van der Waals surface area contributed by atoms with Crippen molar-refractivity contribution in [1.82, 2.24) is 0 Å². The second-order valence-corrected chi connectivity index (χ2v) is 7.04. The summed E-state index contributed by atoms with van der Waals surface area (Å²) >= 11 is 0. The fourth-order valence-corrected chi connectivity index (χ4v) is 3.02. The quantitative estimate of drug-likeness (QED) is 0.320. The number of benzene rings is 2. The Labute approximate surface area is 166 Å². The highest BCUT2D eigenvalue weighted by atomic mass is 16.6. The molecule has 146 valence electrons. The highest BCUT2D eigenvalue weighted by Gasteiger charge is 2.24. The number of cyclic esters (lactones) is 1. The lowest BCUT2D eigenvalue weighted by Gasteiger charge is -2.06. The largest absolute Gasteiger partial charge is 0.494 e. The van der Waals surface area contributed by atoms with Crippen LogP contribution < -0.4 is 4.74 Å². The number of rotatable bonds is 9. The van der Waals surface area contributed by atoms with Crippen molar-refractivity contribution in [1.29, 1.82) is 0 Å². The molecule has 0 unspecified atom stereocenters. The summed E-state index contributed by atoms with van der Waals surface area (Å²) in [6, 6.07) is 15.4. The molecule has 4 heteroatoms. The van der Waals surface area contributed by atoms with Crippen LogP contribution in [0.3, 0.4) is 0 Å². The summed E-state index contributed by atoms with van der Waals surface area (Å²) in [7, 11) is 0. The maximum absolute atomic E-state index is 12.1. The monoisotopic (exact) mass is 377 g/mol. The van der Waals surface area contributed by atoms with Gasteiger partial charge >= 0.3 is 5.97 Å². The Bertz CT molecular complexity index is 866. The van der Waals surface area contributed by atoms with E-state index in [2.05, 4.69) is 11.9 Å². The van der Waals surface area contributed by atoms with E-state index < -0.39 is 5.97 Å². The molecule has 1 heterocycles. The fourth-order valence-electron chi connectivity index (χ4n) is 3.02. The van der Waals surface area contributed by atoms with Crippen LogP contribution in [0.25, 0.3) is 6.08 Å². The summed E-state index contributed by atoms with van der Waals surface area (Å²) in [5.41, 5.74) is 3.09. The molecule has 0 saturated heterocycles. The number of hydrogen-bond donors (Lipinski definition) is 0. The van der Waals surface area contributed by atoms with Gasteiger partial charge in [-0.1, -0.05) is 62.4 Å². The molecule has 1 aliphatic rings. The van der Waals surface area contributed by atoms with E-state index in [1.807, 2.05) is 55.5 Å². The molecule has 2 aromatic rings. The number of ether oxygens (including phenoxy) is 2. The summed E-state index contributed by atoms with van der Waals surface area (Å²) in [6.45, 7) is 4.94. The van der Waals surface area contributed by atoms with Crippen LogP contribution in [0.5, 0.6) is 5.75 Å². The number of unbranched alkanes of at least 4 members (excludes halogenated alkanes) is 4. The summed E-state index contributed by atoms with van der Waals surface area (Å²) < 4.78 is 11.1. The van der Waals surface area contributed by atoms with Gasteiger partial charge in [-0.3, -0.25) is 0 Å². The van der Waals surface area contributed by atoms with E-state index in [9.17, 15) is 4.79 Å². The van der Waals surface area contributed by atoms with Crippen molar-refractivity contribution in [2.24, 2.45) is 4.99 Å². The average Bonchev–Trinajstić information content (AvgIpc) is 3.06. The van der Waals surface area contributed by atoms with Gasteiger partial charge in [-0.25, -0.2) is 9.79 Å². The molecule has 0 aliphatic carbocycles. The first kappa shape index (κ1) is 19.9. The second kappa shape index (κ2) is 9.88. The minimum absolute atomic E-state index is 0.307. The van der Waals surface area contributed by atoms with E-state index in [1.54, 1.807) is 6.08 Å². The Kier molecular flexibility index (Phi) is 7.01. The molecule has 3 rings (SSSR count). The molecule has 0 aromatic heterocycles. The van der Waals surface area contributed by atoms with Crippen molar-refractivity contribution in [2.45, 2.75) is 46.0 Å². The van der Waals surface area contributed by atoms with Gasteiger partial charge in [0.05, 0.1) is 6.61 Å². The van der Waals surface area contributed by atoms with E-state index in [0.29, 0.717) is 11.6 Å². The number of carbonyl (C=O) groups is 1. The van der Waals surface area contributed by atoms with Crippen molar-refractivity contribution in [3.63, 3.8) is 0 Å². The van der Waals surface area contributed by atoms with Crippen LogP contribution in [0.1, 0.15) is 55.7 Å². The van der Waals surface area contributed by atoms with Crippen LogP contribution in [0.4, 0.5) is 0 Å². The Morgan fingerprint density at radius 2 is 1.82 bits per heavy atom. The lowest BCUT2D eigenvalue weighted by molar-refractivity contribution is -0.129. The van der Waals surface area contributed by atoms with Gasteiger partial charge in [0.1, 0.15) is 5.75 Å². The van der Waals surface area contributed by atoms with Crippen molar-refractivity contribution in [3.8, 4) is 5.75 Å². The SMILES string of the molecule is CCCCCCCOc1ccc(/C=C2/N=C(c3cccc(C)c3)OC2=O)cc1. The smallest absolute Gasteiger partial charge is 0.363 e. The standard InChI is InChI=1S/C24H27NO3/c1-3-4-5-6-7-15-27-21-13-11-19(12-14-21)17-22-24(26)28-23(25-22)20-10-8-9-18(2)16-20/h8-14,16-17H,3-7,15H2,1-2H3/b22-17+. The highest BCUT2D eigenvalue weighted by Crippen LogP contribution is 2.21. The normalized spacial score (nSPS) is 14.9. The molecular weight excluding hydrogens is 350 g/mol. The average molecular weight is 377 g/mol. The summed E-state index contributed by atoms with van der Waals surface area (Å²) in [5, 5.41) is 0. The molecule has 28 heavy (non-hydrogen) atoms. The highest BCUT2D eigenvalue weighted by molar-refractivity contribution is 6.12. The minimum Gasteiger partial charge on any atom is -0.494 e. The zero-order valence-corrected chi connectivity index (χ0v) is 16.6. The van der Waals surface area contributed by atoms with Crippen LogP contribution in [0.15, 0.2) is 59.2 Å². The summed E-state index contributed by atoms with van der Waals surface area (Å²) in [4.78, 5) is 16.5. The van der Waals surface area contributed by atoms with Gasteiger partial charge in [-0.05, 0) is 49.2 Å². The van der Waals surface area contributed by atoms with Crippen LogP contribution in [0.2, 0.25) is 0 Å². The van der Waals surface area contributed by atoms with Gasteiger partial charge in [0.15, 0.2) is 5.70 Å². The first-order valence-electron chi connectivity index (χ1n) is 9.98. The number of esters is 1. The third-order valence-electron chi connectivity index (χ3n) is 4.59. The summed E-state index contributed by atoms with van der Waals surface area (Å²) in [6.07, 6.45) is 7.84. The third kappa shape index (κ3) is 5.56. The predicted octanol–water partition coefficient (Wildman–Crippen LogP) is 5.69.